The Morgan fingerprint density at radius 1 is 1.25 bits per heavy atom. The Morgan fingerprint density at radius 3 is 2.33 bits per heavy atom. The van der Waals surface area contributed by atoms with Crippen LogP contribution in [0.1, 0.15) is 34.1 Å². The van der Waals surface area contributed by atoms with E-state index in [4.69, 9.17) is 0 Å². The minimum Gasteiger partial charge on any atom is -0.378 e. The van der Waals surface area contributed by atoms with E-state index in [1.807, 2.05) is 0 Å². The summed E-state index contributed by atoms with van der Waals surface area (Å²) in [4.78, 5) is 2.32. The molecule has 0 atom stereocenters. The summed E-state index contributed by atoms with van der Waals surface area (Å²) in [5, 5.41) is 0. The summed E-state index contributed by atoms with van der Waals surface area (Å²) in [5.41, 5.74) is 1.35. The van der Waals surface area contributed by atoms with Gasteiger partial charge in [0.2, 0.25) is 0 Å². The lowest BCUT2D eigenvalue weighted by Gasteiger charge is -2.15. The lowest BCUT2D eigenvalue weighted by atomic mass is 10.3. The zero-order chi connectivity index (χ0) is 9.40. The lowest BCUT2D eigenvalue weighted by molar-refractivity contribution is 0.396. The summed E-state index contributed by atoms with van der Waals surface area (Å²) in [6.45, 7) is 10.9. The molecule has 0 saturated carbocycles. The van der Waals surface area contributed by atoms with E-state index in [1.165, 1.54) is 12.0 Å². The third kappa shape index (κ3) is 6.02. The van der Waals surface area contributed by atoms with E-state index in [-0.39, 0.29) is 0 Å². The standard InChI is InChI=1S/C11H21N/c1-5-9-12(6-2)10-7-8-11(3)4/h7-8,10H,5-6,9H2,1-4H3. The summed E-state index contributed by atoms with van der Waals surface area (Å²) >= 11 is 0. The molecule has 1 nitrogen and oxygen atoms in total. The van der Waals surface area contributed by atoms with Crippen LogP contribution in [0.25, 0.3) is 0 Å². The van der Waals surface area contributed by atoms with Gasteiger partial charge in [0.05, 0.1) is 0 Å². The molecule has 0 bridgehead atoms. The maximum absolute atomic E-state index is 2.32. The molecule has 0 amide bonds. The predicted octanol–water partition coefficient (Wildman–Crippen LogP) is 3.20. The van der Waals surface area contributed by atoms with Crippen LogP contribution >= 0.6 is 0 Å². The number of allylic oxidation sites excluding steroid dienone is 3. The van der Waals surface area contributed by atoms with Crippen molar-refractivity contribution < 1.29 is 0 Å². The molecule has 0 aromatic heterocycles. The zero-order valence-corrected chi connectivity index (χ0v) is 8.80. The molecule has 1 heteroatoms. The number of hydrogen-bond acceptors (Lipinski definition) is 1. The first-order valence-corrected chi connectivity index (χ1v) is 4.76. The Labute approximate surface area is 76.8 Å². The minimum atomic E-state index is 1.10. The lowest BCUT2D eigenvalue weighted by Crippen LogP contribution is -2.16. The van der Waals surface area contributed by atoms with Gasteiger partial charge in [-0.25, -0.2) is 0 Å². The van der Waals surface area contributed by atoms with Gasteiger partial charge in [0.15, 0.2) is 0 Å². The van der Waals surface area contributed by atoms with Gasteiger partial charge in [-0.1, -0.05) is 18.6 Å². The van der Waals surface area contributed by atoms with Crippen LogP contribution in [0.4, 0.5) is 0 Å². The first-order chi connectivity index (χ1) is 5.70. The highest BCUT2D eigenvalue weighted by atomic mass is 15.1. The van der Waals surface area contributed by atoms with Crippen LogP contribution in [0.2, 0.25) is 0 Å². The Balaban J connectivity index is 3.84. The summed E-state index contributed by atoms with van der Waals surface area (Å²) < 4.78 is 0. The van der Waals surface area contributed by atoms with Gasteiger partial charge in [-0.3, -0.25) is 0 Å². The Hall–Kier alpha value is -0.720. The van der Waals surface area contributed by atoms with E-state index in [0.29, 0.717) is 0 Å². The molecule has 0 rings (SSSR count). The van der Waals surface area contributed by atoms with Crippen LogP contribution in [0.15, 0.2) is 23.9 Å². The summed E-state index contributed by atoms with van der Waals surface area (Å²) in [6, 6.07) is 0. The van der Waals surface area contributed by atoms with Crippen molar-refractivity contribution in [1.82, 2.24) is 4.90 Å². The SMILES string of the molecule is CCCN(C=CC=C(C)C)CC. The molecule has 0 saturated heterocycles. The Morgan fingerprint density at radius 2 is 1.92 bits per heavy atom. The molecule has 0 heterocycles. The van der Waals surface area contributed by atoms with Crippen molar-refractivity contribution in [2.24, 2.45) is 0 Å². The average molecular weight is 167 g/mol. The van der Waals surface area contributed by atoms with E-state index in [0.717, 1.165) is 13.1 Å². The fraction of sp³-hybridized carbons (Fsp3) is 0.636. The first-order valence-electron chi connectivity index (χ1n) is 4.76. The van der Waals surface area contributed by atoms with Crippen molar-refractivity contribution >= 4 is 0 Å². The average Bonchev–Trinajstić information content (AvgIpc) is 2.02. The molecule has 0 aliphatic rings. The second-order valence-electron chi connectivity index (χ2n) is 3.21. The predicted molar refractivity (Wildman–Crippen MR) is 56.1 cm³/mol. The van der Waals surface area contributed by atoms with E-state index >= 15 is 0 Å². The molecular weight excluding hydrogens is 146 g/mol. The molecule has 0 aromatic rings. The second kappa shape index (κ2) is 6.96. The molecular formula is C11H21N. The molecule has 0 spiro atoms. The van der Waals surface area contributed by atoms with Crippen LogP contribution in [0.5, 0.6) is 0 Å². The normalized spacial score (nSPS) is 10.3. The summed E-state index contributed by atoms with van der Waals surface area (Å²) in [5.74, 6) is 0. The first kappa shape index (κ1) is 11.3. The summed E-state index contributed by atoms with van der Waals surface area (Å²) in [6.07, 6.45) is 7.64. The van der Waals surface area contributed by atoms with E-state index < -0.39 is 0 Å². The van der Waals surface area contributed by atoms with E-state index in [9.17, 15) is 0 Å². The largest absolute Gasteiger partial charge is 0.378 e. The molecule has 0 fully saturated rings. The topological polar surface area (TPSA) is 3.24 Å². The Bertz CT molecular complexity index is 152. The van der Waals surface area contributed by atoms with Crippen LogP contribution in [-0.2, 0) is 0 Å². The van der Waals surface area contributed by atoms with Gasteiger partial charge in [-0.15, -0.1) is 0 Å². The number of nitrogens with zero attached hydrogens (tertiary/aromatic N) is 1. The molecule has 12 heavy (non-hydrogen) atoms. The van der Waals surface area contributed by atoms with Gasteiger partial charge in [0, 0.05) is 13.1 Å². The fourth-order valence-electron chi connectivity index (χ4n) is 0.982. The van der Waals surface area contributed by atoms with Gasteiger partial charge in [-0.2, -0.15) is 0 Å². The van der Waals surface area contributed by atoms with Crippen LogP contribution < -0.4 is 0 Å². The molecule has 0 aromatic carbocycles. The van der Waals surface area contributed by atoms with E-state index in [2.05, 4.69) is 50.9 Å². The summed E-state index contributed by atoms with van der Waals surface area (Å²) in [7, 11) is 0. The van der Waals surface area contributed by atoms with Crippen molar-refractivity contribution in [3.8, 4) is 0 Å². The number of hydrogen-bond donors (Lipinski definition) is 0. The highest BCUT2D eigenvalue weighted by Crippen LogP contribution is 1.94. The third-order valence-corrected chi connectivity index (χ3v) is 1.64. The van der Waals surface area contributed by atoms with Crippen molar-refractivity contribution in [3.63, 3.8) is 0 Å². The molecule has 0 aliphatic heterocycles. The van der Waals surface area contributed by atoms with Gasteiger partial charge in [0.1, 0.15) is 0 Å². The number of rotatable bonds is 5. The highest BCUT2D eigenvalue weighted by Gasteiger charge is 1.90. The zero-order valence-electron chi connectivity index (χ0n) is 8.80. The van der Waals surface area contributed by atoms with Gasteiger partial charge in [-0.05, 0) is 39.5 Å². The maximum Gasteiger partial charge on any atom is 0.0169 e. The quantitative estimate of drug-likeness (QED) is 0.568. The molecule has 70 valence electrons. The van der Waals surface area contributed by atoms with Crippen LogP contribution in [0.3, 0.4) is 0 Å². The maximum atomic E-state index is 2.32. The molecule has 0 unspecified atom stereocenters. The second-order valence-corrected chi connectivity index (χ2v) is 3.21. The van der Waals surface area contributed by atoms with Crippen molar-refractivity contribution in [3.05, 3.63) is 23.9 Å². The van der Waals surface area contributed by atoms with Crippen molar-refractivity contribution in [2.45, 2.75) is 34.1 Å². The smallest absolute Gasteiger partial charge is 0.0169 e. The fourth-order valence-corrected chi connectivity index (χ4v) is 0.982. The minimum absolute atomic E-state index is 1.10. The van der Waals surface area contributed by atoms with E-state index in [1.54, 1.807) is 0 Å². The Kier molecular flexibility index (Phi) is 6.54. The van der Waals surface area contributed by atoms with Gasteiger partial charge >= 0.3 is 0 Å². The van der Waals surface area contributed by atoms with Gasteiger partial charge < -0.3 is 4.90 Å². The van der Waals surface area contributed by atoms with Gasteiger partial charge in [0.25, 0.3) is 0 Å². The van der Waals surface area contributed by atoms with Crippen LogP contribution in [0, 0.1) is 0 Å². The molecule has 0 aliphatic carbocycles. The molecule has 0 radical (unpaired) electrons. The van der Waals surface area contributed by atoms with Crippen molar-refractivity contribution in [2.75, 3.05) is 13.1 Å². The van der Waals surface area contributed by atoms with Crippen LogP contribution in [-0.4, -0.2) is 18.0 Å². The highest BCUT2D eigenvalue weighted by molar-refractivity contribution is 5.07. The van der Waals surface area contributed by atoms with Crippen molar-refractivity contribution in [1.29, 1.82) is 0 Å². The monoisotopic (exact) mass is 167 g/mol. The third-order valence-electron chi connectivity index (χ3n) is 1.64. The molecule has 0 N–H and O–H groups in total.